The van der Waals surface area contributed by atoms with Crippen LogP contribution in [0.3, 0.4) is 0 Å². The van der Waals surface area contributed by atoms with Gasteiger partial charge in [0, 0.05) is 23.9 Å². The lowest BCUT2D eigenvalue weighted by molar-refractivity contribution is 0.0954. The van der Waals surface area contributed by atoms with E-state index < -0.39 is 11.2 Å². The van der Waals surface area contributed by atoms with Gasteiger partial charge in [0.15, 0.2) is 0 Å². The maximum Gasteiger partial charge on any atom is 0.252 e. The maximum absolute atomic E-state index is 13.5. The van der Waals surface area contributed by atoms with Crippen molar-refractivity contribution in [3.05, 3.63) is 102 Å². The van der Waals surface area contributed by atoms with Gasteiger partial charge in [-0.25, -0.2) is 4.98 Å². The molecular formula is C28H28N2O2S. The molecule has 3 aromatic carbocycles. The van der Waals surface area contributed by atoms with E-state index in [2.05, 4.69) is 17.4 Å². The van der Waals surface area contributed by atoms with Crippen molar-refractivity contribution in [3.8, 4) is 11.3 Å². The van der Waals surface area contributed by atoms with Crippen LogP contribution in [0.4, 0.5) is 0 Å². The third kappa shape index (κ3) is 5.81. The molecule has 0 aliphatic rings. The predicted octanol–water partition coefficient (Wildman–Crippen LogP) is 5.19. The van der Waals surface area contributed by atoms with Crippen molar-refractivity contribution in [1.82, 2.24) is 10.3 Å². The second-order valence-electron chi connectivity index (χ2n) is 8.07. The number of nitrogens with one attached hydrogen (secondary N) is 1. The Kier molecular flexibility index (Phi) is 7.76. The van der Waals surface area contributed by atoms with Crippen LogP contribution in [0.15, 0.2) is 84.9 Å². The van der Waals surface area contributed by atoms with E-state index in [1.807, 2.05) is 72.8 Å². The summed E-state index contributed by atoms with van der Waals surface area (Å²) in [5.41, 5.74) is 5.29. The number of nitrogens with zero attached hydrogens (tertiary/aromatic N) is 1. The number of amides is 1. The van der Waals surface area contributed by atoms with Gasteiger partial charge in [0.1, 0.15) is 5.75 Å². The van der Waals surface area contributed by atoms with Gasteiger partial charge < -0.3 is 9.87 Å². The van der Waals surface area contributed by atoms with Crippen molar-refractivity contribution < 1.29 is 9.35 Å². The first-order valence-corrected chi connectivity index (χ1v) is 13.0. The van der Waals surface area contributed by atoms with Crippen LogP contribution in [0.2, 0.25) is 0 Å². The molecule has 168 valence electrons. The molecule has 0 aliphatic heterocycles. The molecule has 0 saturated heterocycles. The Balaban J connectivity index is 1.68. The van der Waals surface area contributed by atoms with Crippen molar-refractivity contribution in [2.45, 2.75) is 19.3 Å². The lowest BCUT2D eigenvalue weighted by Crippen LogP contribution is -2.27. The summed E-state index contributed by atoms with van der Waals surface area (Å²) in [5.74, 6) is 0.379. The van der Waals surface area contributed by atoms with Gasteiger partial charge in [0.25, 0.3) is 5.91 Å². The zero-order chi connectivity index (χ0) is 23.0. The fourth-order valence-corrected chi connectivity index (χ4v) is 4.55. The maximum atomic E-state index is 13.5. The van der Waals surface area contributed by atoms with Crippen molar-refractivity contribution in [3.63, 3.8) is 0 Å². The molecule has 0 saturated carbocycles. The van der Waals surface area contributed by atoms with Crippen LogP contribution in [0, 0.1) is 0 Å². The van der Waals surface area contributed by atoms with E-state index in [0.29, 0.717) is 24.3 Å². The summed E-state index contributed by atoms with van der Waals surface area (Å²) >= 11 is -0.973. The summed E-state index contributed by atoms with van der Waals surface area (Å²) < 4.78 is 11.9. The molecule has 0 radical (unpaired) electrons. The lowest BCUT2D eigenvalue weighted by atomic mass is 9.94. The Morgan fingerprint density at radius 1 is 0.909 bits per heavy atom. The van der Waals surface area contributed by atoms with Crippen molar-refractivity contribution in [1.29, 1.82) is 0 Å². The number of hydrogen-bond donors (Lipinski definition) is 1. The topological polar surface area (TPSA) is 65.0 Å². The fraction of sp³-hybridized carbons (Fsp3) is 0.214. The second-order valence-corrected chi connectivity index (χ2v) is 9.62. The normalized spacial score (nSPS) is 11.9. The highest BCUT2D eigenvalue weighted by Gasteiger charge is 2.22. The molecule has 0 fully saturated rings. The second kappa shape index (κ2) is 11.1. The smallest absolute Gasteiger partial charge is 0.252 e. The molecule has 4 aromatic rings. The third-order valence-electron chi connectivity index (χ3n) is 5.68. The average molecular weight is 457 g/mol. The number of hydrogen-bond acceptors (Lipinski definition) is 3. The Labute approximate surface area is 198 Å². The van der Waals surface area contributed by atoms with Crippen LogP contribution in [0.1, 0.15) is 27.9 Å². The number of carbonyl (C=O) groups excluding carboxylic acids is 1. The predicted molar refractivity (Wildman–Crippen MR) is 137 cm³/mol. The third-order valence-corrected chi connectivity index (χ3v) is 6.46. The first kappa shape index (κ1) is 23.0. The SMILES string of the molecule is C[S+]([O-])CCc1c(-c2ccccc2)nc2ccccc2c1C(=O)NCCCc1ccccc1. The van der Waals surface area contributed by atoms with Crippen molar-refractivity contribution in [2.75, 3.05) is 18.6 Å². The number of aromatic nitrogens is 1. The minimum Gasteiger partial charge on any atom is -0.617 e. The lowest BCUT2D eigenvalue weighted by Gasteiger charge is -2.18. The molecule has 1 aromatic heterocycles. The molecule has 0 aliphatic carbocycles. The van der Waals surface area contributed by atoms with Gasteiger partial charge in [0.2, 0.25) is 0 Å². The summed E-state index contributed by atoms with van der Waals surface area (Å²) in [7, 11) is 0. The Bertz CT molecular complexity index is 1210. The fourth-order valence-electron chi connectivity index (χ4n) is 4.06. The van der Waals surface area contributed by atoms with E-state index in [4.69, 9.17) is 4.98 Å². The molecule has 33 heavy (non-hydrogen) atoms. The molecule has 1 heterocycles. The minimum atomic E-state index is -0.973. The first-order valence-electron chi connectivity index (χ1n) is 11.2. The van der Waals surface area contributed by atoms with Gasteiger partial charge in [0.05, 0.1) is 23.0 Å². The number of benzene rings is 3. The molecule has 4 rings (SSSR count). The van der Waals surface area contributed by atoms with Crippen LogP contribution < -0.4 is 5.32 Å². The molecule has 1 amide bonds. The summed E-state index contributed by atoms with van der Waals surface area (Å²) in [4.78, 5) is 18.4. The van der Waals surface area contributed by atoms with Gasteiger partial charge in [-0.1, -0.05) is 90.0 Å². The zero-order valence-electron chi connectivity index (χ0n) is 18.8. The van der Waals surface area contributed by atoms with E-state index in [0.717, 1.165) is 40.6 Å². The van der Waals surface area contributed by atoms with Crippen LogP contribution in [0.25, 0.3) is 22.2 Å². The van der Waals surface area contributed by atoms with E-state index >= 15 is 0 Å². The Hall–Kier alpha value is -3.15. The first-order chi connectivity index (χ1) is 16.1. The molecule has 4 nitrogen and oxygen atoms in total. The highest BCUT2D eigenvalue weighted by molar-refractivity contribution is 7.90. The Morgan fingerprint density at radius 2 is 1.58 bits per heavy atom. The number of carbonyl (C=O) groups is 1. The Morgan fingerprint density at radius 3 is 2.30 bits per heavy atom. The number of para-hydroxylation sites is 1. The molecule has 1 unspecified atom stereocenters. The van der Waals surface area contributed by atoms with E-state index in [-0.39, 0.29) is 5.91 Å². The van der Waals surface area contributed by atoms with Crippen LogP contribution >= 0.6 is 0 Å². The standard InChI is InChI=1S/C28H28N2O2S/c1-33(32)20-18-24-26(28(31)29-19-10-13-21-11-4-2-5-12-21)23-16-8-9-17-25(23)30-27(24)22-14-6-3-7-15-22/h2-9,11-12,14-17H,10,13,18-20H2,1H3,(H,29,31). The summed E-state index contributed by atoms with van der Waals surface area (Å²) in [5, 5.41) is 3.95. The highest BCUT2D eigenvalue weighted by Crippen LogP contribution is 2.31. The van der Waals surface area contributed by atoms with Gasteiger partial charge >= 0.3 is 0 Å². The van der Waals surface area contributed by atoms with Crippen molar-refractivity contribution in [2.24, 2.45) is 0 Å². The molecular weight excluding hydrogens is 428 g/mol. The molecule has 0 spiro atoms. The molecule has 1 N–H and O–H groups in total. The number of rotatable bonds is 9. The number of fused-ring (bicyclic) bond motifs is 1. The van der Waals surface area contributed by atoms with Gasteiger partial charge in [-0.15, -0.1) is 0 Å². The minimum absolute atomic E-state index is 0.101. The average Bonchev–Trinajstić information content (AvgIpc) is 2.85. The highest BCUT2D eigenvalue weighted by atomic mass is 32.2. The quantitative estimate of drug-likeness (QED) is 0.279. The molecule has 0 bridgehead atoms. The van der Waals surface area contributed by atoms with Crippen LogP contribution in [-0.4, -0.2) is 34.0 Å². The summed E-state index contributed by atoms with van der Waals surface area (Å²) in [6, 6.07) is 28.0. The largest absolute Gasteiger partial charge is 0.617 e. The monoisotopic (exact) mass is 456 g/mol. The zero-order valence-corrected chi connectivity index (χ0v) is 19.6. The van der Waals surface area contributed by atoms with Gasteiger partial charge in [-0.05, 0) is 30.0 Å². The van der Waals surface area contributed by atoms with E-state index in [1.54, 1.807) is 6.26 Å². The van der Waals surface area contributed by atoms with Crippen LogP contribution in [0.5, 0.6) is 0 Å². The molecule has 1 atom stereocenters. The summed E-state index contributed by atoms with van der Waals surface area (Å²) in [6.45, 7) is 0.587. The van der Waals surface area contributed by atoms with Crippen molar-refractivity contribution >= 4 is 28.0 Å². The van der Waals surface area contributed by atoms with E-state index in [1.165, 1.54) is 5.56 Å². The number of pyridine rings is 1. The molecule has 5 heteroatoms. The van der Waals surface area contributed by atoms with E-state index in [9.17, 15) is 9.35 Å². The van der Waals surface area contributed by atoms with Gasteiger partial charge in [-0.2, -0.15) is 0 Å². The van der Waals surface area contributed by atoms with Gasteiger partial charge in [-0.3, -0.25) is 4.79 Å². The van der Waals surface area contributed by atoms with Crippen LogP contribution in [-0.2, 0) is 24.0 Å². The summed E-state index contributed by atoms with van der Waals surface area (Å²) in [6.07, 6.45) is 3.99. The number of aryl methyl sites for hydroxylation is 1.